The molecule has 1 unspecified atom stereocenters. The molecule has 152 valence electrons. The highest BCUT2D eigenvalue weighted by Crippen LogP contribution is 2.25. The number of rotatable bonds is 6. The quantitative estimate of drug-likeness (QED) is 0.619. The fourth-order valence-corrected chi connectivity index (χ4v) is 4.68. The Morgan fingerprint density at radius 1 is 0.800 bits per heavy atom. The Bertz CT molecular complexity index is 1170. The highest BCUT2D eigenvalue weighted by molar-refractivity contribution is 7.89. The van der Waals surface area contributed by atoms with Crippen LogP contribution in [0.15, 0.2) is 83.8 Å². The van der Waals surface area contributed by atoms with Crippen LogP contribution in [0.25, 0.3) is 0 Å². The van der Waals surface area contributed by atoms with Gasteiger partial charge in [0, 0.05) is 6.04 Å². The molecular weight excluding hydrogens is 400 g/mol. The lowest BCUT2D eigenvalue weighted by Crippen LogP contribution is -2.29. The molecule has 1 N–H and O–H groups in total. The summed E-state index contributed by atoms with van der Waals surface area (Å²) >= 11 is 0. The Kier molecular flexibility index (Phi) is 5.24. The topological polar surface area (TPSA) is 83.6 Å². The van der Waals surface area contributed by atoms with Gasteiger partial charge < -0.3 is 0 Å². The number of amides is 2. The van der Waals surface area contributed by atoms with E-state index in [1.54, 1.807) is 43.3 Å². The average Bonchev–Trinajstić information content (AvgIpc) is 2.99. The van der Waals surface area contributed by atoms with Gasteiger partial charge in [-0.2, -0.15) is 0 Å². The molecule has 30 heavy (non-hydrogen) atoms. The third-order valence-electron chi connectivity index (χ3n) is 5.08. The Hall–Kier alpha value is -3.29. The molecule has 4 rings (SSSR count). The first-order valence-corrected chi connectivity index (χ1v) is 11.0. The molecule has 2 amide bonds. The molecule has 0 spiro atoms. The predicted molar refractivity (Wildman–Crippen MR) is 112 cm³/mol. The number of imide groups is 1. The van der Waals surface area contributed by atoms with Crippen LogP contribution in [0.1, 0.15) is 44.8 Å². The molecule has 1 aliphatic heterocycles. The van der Waals surface area contributed by atoms with E-state index in [2.05, 4.69) is 4.72 Å². The zero-order valence-electron chi connectivity index (χ0n) is 16.3. The van der Waals surface area contributed by atoms with Crippen molar-refractivity contribution in [3.05, 3.63) is 101 Å². The summed E-state index contributed by atoms with van der Waals surface area (Å²) in [6.07, 6.45) is 0. The second kappa shape index (κ2) is 7.85. The maximum absolute atomic E-state index is 12.7. The summed E-state index contributed by atoms with van der Waals surface area (Å²) in [7, 11) is -3.71. The molecule has 0 saturated carbocycles. The normalized spacial score (nSPS) is 14.6. The minimum atomic E-state index is -3.71. The van der Waals surface area contributed by atoms with E-state index in [0.717, 1.165) is 5.56 Å². The van der Waals surface area contributed by atoms with Crippen molar-refractivity contribution in [2.24, 2.45) is 0 Å². The zero-order chi connectivity index (χ0) is 21.3. The second-order valence-electron chi connectivity index (χ2n) is 7.14. The first-order chi connectivity index (χ1) is 14.4. The number of hydrogen-bond donors (Lipinski definition) is 1. The van der Waals surface area contributed by atoms with Gasteiger partial charge in [-0.3, -0.25) is 14.5 Å². The molecule has 0 aromatic heterocycles. The van der Waals surface area contributed by atoms with Crippen molar-refractivity contribution in [3.63, 3.8) is 0 Å². The third kappa shape index (κ3) is 3.77. The van der Waals surface area contributed by atoms with E-state index in [1.165, 1.54) is 17.0 Å². The second-order valence-corrected chi connectivity index (χ2v) is 8.85. The summed E-state index contributed by atoms with van der Waals surface area (Å²) < 4.78 is 28.1. The molecule has 0 radical (unpaired) electrons. The van der Waals surface area contributed by atoms with Crippen molar-refractivity contribution in [2.45, 2.75) is 24.4 Å². The van der Waals surface area contributed by atoms with Crippen molar-refractivity contribution >= 4 is 21.8 Å². The molecule has 0 bridgehead atoms. The van der Waals surface area contributed by atoms with E-state index < -0.39 is 10.0 Å². The van der Waals surface area contributed by atoms with E-state index in [4.69, 9.17) is 0 Å². The van der Waals surface area contributed by atoms with E-state index in [-0.39, 0.29) is 29.3 Å². The Labute approximate surface area is 175 Å². The van der Waals surface area contributed by atoms with Gasteiger partial charge in [0.2, 0.25) is 10.0 Å². The monoisotopic (exact) mass is 420 g/mol. The van der Waals surface area contributed by atoms with Crippen LogP contribution >= 0.6 is 0 Å². The lowest BCUT2D eigenvalue weighted by molar-refractivity contribution is 0.0642. The summed E-state index contributed by atoms with van der Waals surface area (Å²) in [4.78, 5) is 26.3. The molecule has 0 fully saturated rings. The fourth-order valence-electron chi connectivity index (χ4n) is 3.45. The molecule has 1 aliphatic rings. The van der Waals surface area contributed by atoms with Gasteiger partial charge in [-0.25, -0.2) is 13.1 Å². The van der Waals surface area contributed by atoms with Gasteiger partial charge in [0.15, 0.2) is 0 Å². The highest BCUT2D eigenvalue weighted by Gasteiger charge is 2.35. The fraction of sp³-hybridized carbons (Fsp3) is 0.130. The standard InChI is InChI=1S/C23H20N2O4S/c1-16(18-7-3-2-4-8-18)24-30(28,29)19-13-11-17(12-14-19)15-25-22(26)20-9-5-6-10-21(20)23(25)27/h2-14,16,24H,15H2,1H3. The summed E-state index contributed by atoms with van der Waals surface area (Å²) in [5, 5.41) is 0. The summed E-state index contributed by atoms with van der Waals surface area (Å²) in [6.45, 7) is 1.87. The van der Waals surface area contributed by atoms with Gasteiger partial charge in [0.1, 0.15) is 0 Å². The number of nitrogens with zero attached hydrogens (tertiary/aromatic N) is 1. The van der Waals surface area contributed by atoms with E-state index in [1.807, 2.05) is 30.3 Å². The van der Waals surface area contributed by atoms with Gasteiger partial charge in [0.05, 0.1) is 22.6 Å². The van der Waals surface area contributed by atoms with Crippen molar-refractivity contribution in [3.8, 4) is 0 Å². The van der Waals surface area contributed by atoms with Crippen LogP contribution in [0, 0.1) is 0 Å². The van der Waals surface area contributed by atoms with Crippen molar-refractivity contribution in [1.29, 1.82) is 0 Å². The molecule has 0 saturated heterocycles. The number of sulfonamides is 1. The van der Waals surface area contributed by atoms with Crippen molar-refractivity contribution in [1.82, 2.24) is 9.62 Å². The van der Waals surface area contributed by atoms with E-state index >= 15 is 0 Å². The average molecular weight is 420 g/mol. The largest absolute Gasteiger partial charge is 0.270 e. The minimum absolute atomic E-state index is 0.0839. The van der Waals surface area contributed by atoms with Gasteiger partial charge in [-0.1, -0.05) is 54.6 Å². The first kappa shape index (κ1) is 20.0. The van der Waals surface area contributed by atoms with Crippen LogP contribution < -0.4 is 4.72 Å². The van der Waals surface area contributed by atoms with Crippen LogP contribution in [-0.2, 0) is 16.6 Å². The molecule has 3 aromatic carbocycles. The van der Waals surface area contributed by atoms with Gasteiger partial charge in [0.25, 0.3) is 11.8 Å². The van der Waals surface area contributed by atoms with Crippen LogP contribution in [0.2, 0.25) is 0 Å². The van der Waals surface area contributed by atoms with Crippen LogP contribution in [0.3, 0.4) is 0 Å². The summed E-state index contributed by atoms with van der Waals surface area (Å²) in [5.74, 6) is -0.684. The van der Waals surface area contributed by atoms with Gasteiger partial charge in [-0.05, 0) is 42.3 Å². The minimum Gasteiger partial charge on any atom is -0.270 e. The summed E-state index contributed by atoms with van der Waals surface area (Å²) in [5.41, 5.74) is 2.31. The van der Waals surface area contributed by atoms with Gasteiger partial charge >= 0.3 is 0 Å². The Morgan fingerprint density at radius 2 is 1.33 bits per heavy atom. The predicted octanol–water partition coefficient (Wildman–Crippen LogP) is 3.52. The Balaban J connectivity index is 1.48. The molecule has 6 nitrogen and oxygen atoms in total. The van der Waals surface area contributed by atoms with Crippen LogP contribution in [-0.4, -0.2) is 25.1 Å². The number of hydrogen-bond acceptors (Lipinski definition) is 4. The molecule has 3 aromatic rings. The highest BCUT2D eigenvalue weighted by atomic mass is 32.2. The number of carbonyl (C=O) groups is 2. The molecule has 1 atom stereocenters. The lowest BCUT2D eigenvalue weighted by Gasteiger charge is -2.16. The van der Waals surface area contributed by atoms with Crippen LogP contribution in [0.4, 0.5) is 0 Å². The number of benzene rings is 3. The number of carbonyl (C=O) groups excluding carboxylic acids is 2. The smallest absolute Gasteiger partial charge is 0.261 e. The Morgan fingerprint density at radius 3 is 1.90 bits per heavy atom. The number of nitrogens with one attached hydrogen (secondary N) is 1. The SMILES string of the molecule is CC(NS(=O)(=O)c1ccc(CN2C(=O)c3ccccc3C2=O)cc1)c1ccccc1. The third-order valence-corrected chi connectivity index (χ3v) is 6.64. The molecule has 7 heteroatoms. The van der Waals surface area contributed by atoms with Gasteiger partial charge in [-0.15, -0.1) is 0 Å². The number of fused-ring (bicyclic) bond motifs is 1. The van der Waals surface area contributed by atoms with Crippen molar-refractivity contribution in [2.75, 3.05) is 0 Å². The molecule has 0 aliphatic carbocycles. The van der Waals surface area contributed by atoms with Crippen molar-refractivity contribution < 1.29 is 18.0 Å². The molecular formula is C23H20N2O4S. The van der Waals surface area contributed by atoms with E-state index in [9.17, 15) is 18.0 Å². The van der Waals surface area contributed by atoms with Crippen LogP contribution in [0.5, 0.6) is 0 Å². The maximum Gasteiger partial charge on any atom is 0.261 e. The lowest BCUT2D eigenvalue weighted by atomic mass is 10.1. The maximum atomic E-state index is 12.7. The molecule has 1 heterocycles. The zero-order valence-corrected chi connectivity index (χ0v) is 17.1. The first-order valence-electron chi connectivity index (χ1n) is 9.48. The summed E-state index contributed by atoms with van der Waals surface area (Å²) in [6, 6.07) is 21.8. The van der Waals surface area contributed by atoms with E-state index in [0.29, 0.717) is 16.7 Å².